The molecule has 0 saturated heterocycles. The van der Waals surface area contributed by atoms with Crippen LogP contribution in [0.25, 0.3) is 0 Å². The summed E-state index contributed by atoms with van der Waals surface area (Å²) in [7, 11) is 1.66. The second-order valence-electron chi connectivity index (χ2n) is 4.62. The van der Waals surface area contributed by atoms with Gasteiger partial charge in [-0.3, -0.25) is 0 Å². The molecule has 1 aromatic rings. The molecule has 0 aromatic heterocycles. The predicted molar refractivity (Wildman–Crippen MR) is 81.7 cm³/mol. The van der Waals surface area contributed by atoms with Crippen molar-refractivity contribution in [1.29, 1.82) is 0 Å². The van der Waals surface area contributed by atoms with E-state index in [2.05, 4.69) is 25.2 Å². The van der Waals surface area contributed by atoms with Crippen LogP contribution >= 0.6 is 0 Å². The summed E-state index contributed by atoms with van der Waals surface area (Å²) in [5.41, 5.74) is 1.15. The maximum Gasteiger partial charge on any atom is 0.127 e. The summed E-state index contributed by atoms with van der Waals surface area (Å²) in [5.74, 6) is 1.67. The Balaban J connectivity index is 2.74. The number of methoxy groups -OCH3 is 1. The first-order chi connectivity index (χ1) is 9.72. The maximum absolute atomic E-state index is 5.84. The summed E-state index contributed by atoms with van der Waals surface area (Å²) < 4.78 is 16.4. The Hall–Kier alpha value is -1.26. The third-order valence-electron chi connectivity index (χ3n) is 3.08. The third-order valence-corrected chi connectivity index (χ3v) is 3.08. The Labute approximate surface area is 122 Å². The van der Waals surface area contributed by atoms with Gasteiger partial charge in [0.1, 0.15) is 18.1 Å². The molecule has 4 heteroatoms. The number of hydrogen-bond acceptors (Lipinski definition) is 4. The molecule has 0 bridgehead atoms. The lowest BCUT2D eigenvalue weighted by Gasteiger charge is -2.19. The van der Waals surface area contributed by atoms with Crippen molar-refractivity contribution in [2.75, 3.05) is 33.5 Å². The summed E-state index contributed by atoms with van der Waals surface area (Å²) in [4.78, 5) is 0. The molecule has 0 saturated carbocycles. The molecule has 1 N–H and O–H groups in total. The van der Waals surface area contributed by atoms with Gasteiger partial charge in [0.05, 0.1) is 13.7 Å². The van der Waals surface area contributed by atoms with Crippen LogP contribution in [0.1, 0.15) is 38.8 Å². The first-order valence-electron chi connectivity index (χ1n) is 7.34. The lowest BCUT2D eigenvalue weighted by atomic mass is 10.1. The summed E-state index contributed by atoms with van der Waals surface area (Å²) in [6.07, 6.45) is 1.11. The fourth-order valence-electron chi connectivity index (χ4n) is 1.95. The van der Waals surface area contributed by atoms with Gasteiger partial charge < -0.3 is 19.5 Å². The minimum absolute atomic E-state index is 0.253. The van der Waals surface area contributed by atoms with E-state index >= 15 is 0 Å². The van der Waals surface area contributed by atoms with Crippen LogP contribution in [0.2, 0.25) is 0 Å². The van der Waals surface area contributed by atoms with E-state index in [4.69, 9.17) is 14.2 Å². The van der Waals surface area contributed by atoms with Crippen molar-refractivity contribution in [1.82, 2.24) is 5.32 Å². The quantitative estimate of drug-likeness (QED) is 0.669. The number of hydrogen-bond donors (Lipinski definition) is 1. The highest BCUT2D eigenvalue weighted by atomic mass is 16.5. The molecular formula is C16H27NO3. The van der Waals surface area contributed by atoms with Gasteiger partial charge in [-0.15, -0.1) is 0 Å². The molecule has 0 aliphatic heterocycles. The Bertz CT molecular complexity index is 382. The van der Waals surface area contributed by atoms with E-state index in [9.17, 15) is 0 Å². The highest BCUT2D eigenvalue weighted by Gasteiger charge is 2.12. The van der Waals surface area contributed by atoms with Crippen LogP contribution < -0.4 is 14.8 Å². The predicted octanol–water partition coefficient (Wildman–Crippen LogP) is 3.17. The molecule has 0 fully saturated rings. The van der Waals surface area contributed by atoms with Gasteiger partial charge in [0.2, 0.25) is 0 Å². The molecule has 0 aliphatic rings. The van der Waals surface area contributed by atoms with Crippen molar-refractivity contribution in [2.45, 2.75) is 33.2 Å². The maximum atomic E-state index is 5.84. The Morgan fingerprint density at radius 3 is 2.65 bits per heavy atom. The third kappa shape index (κ3) is 5.39. The average molecular weight is 281 g/mol. The van der Waals surface area contributed by atoms with E-state index in [1.807, 2.05) is 19.1 Å². The zero-order valence-corrected chi connectivity index (χ0v) is 13.1. The number of benzene rings is 1. The molecule has 0 amide bonds. The molecular weight excluding hydrogens is 254 g/mol. The molecule has 0 aliphatic carbocycles. The second kappa shape index (κ2) is 9.61. The van der Waals surface area contributed by atoms with Gasteiger partial charge in [0.25, 0.3) is 0 Å². The van der Waals surface area contributed by atoms with Crippen molar-refractivity contribution in [3.63, 3.8) is 0 Å². The van der Waals surface area contributed by atoms with Crippen LogP contribution in [0.3, 0.4) is 0 Å². The van der Waals surface area contributed by atoms with Crippen LogP contribution in [-0.2, 0) is 4.74 Å². The molecule has 0 heterocycles. The van der Waals surface area contributed by atoms with E-state index in [-0.39, 0.29) is 6.04 Å². The van der Waals surface area contributed by atoms with Crippen LogP contribution in [0, 0.1) is 0 Å². The highest BCUT2D eigenvalue weighted by molar-refractivity contribution is 5.42. The number of rotatable bonds is 10. The summed E-state index contributed by atoms with van der Waals surface area (Å²) in [6, 6.07) is 6.21. The van der Waals surface area contributed by atoms with Crippen molar-refractivity contribution in [3.05, 3.63) is 23.8 Å². The average Bonchev–Trinajstić information content (AvgIpc) is 2.49. The molecule has 4 nitrogen and oxygen atoms in total. The lowest BCUT2D eigenvalue weighted by molar-refractivity contribution is 0.109. The van der Waals surface area contributed by atoms with Crippen molar-refractivity contribution < 1.29 is 14.2 Å². The molecule has 20 heavy (non-hydrogen) atoms. The molecule has 1 aromatic carbocycles. The first kappa shape index (κ1) is 16.8. The lowest BCUT2D eigenvalue weighted by Crippen LogP contribution is -2.20. The molecule has 1 atom stereocenters. The van der Waals surface area contributed by atoms with Crippen LogP contribution in [-0.4, -0.2) is 33.5 Å². The van der Waals surface area contributed by atoms with E-state index in [1.54, 1.807) is 7.11 Å². The Morgan fingerprint density at radius 1 is 1.20 bits per heavy atom. The van der Waals surface area contributed by atoms with E-state index < -0.39 is 0 Å². The van der Waals surface area contributed by atoms with Gasteiger partial charge in [0, 0.05) is 24.3 Å². The van der Waals surface area contributed by atoms with Crippen LogP contribution in [0.5, 0.6) is 11.5 Å². The van der Waals surface area contributed by atoms with Crippen molar-refractivity contribution >= 4 is 0 Å². The van der Waals surface area contributed by atoms with Gasteiger partial charge in [0.15, 0.2) is 0 Å². The van der Waals surface area contributed by atoms with Crippen molar-refractivity contribution in [3.8, 4) is 11.5 Å². The zero-order chi connectivity index (χ0) is 14.8. The van der Waals surface area contributed by atoms with Gasteiger partial charge in [-0.1, -0.05) is 13.0 Å². The van der Waals surface area contributed by atoms with Gasteiger partial charge in [-0.2, -0.15) is 0 Å². The van der Waals surface area contributed by atoms with Crippen LogP contribution in [0.15, 0.2) is 18.2 Å². The van der Waals surface area contributed by atoms with E-state index in [0.717, 1.165) is 30.0 Å². The fraction of sp³-hybridized carbons (Fsp3) is 0.625. The van der Waals surface area contributed by atoms with Gasteiger partial charge in [-0.25, -0.2) is 0 Å². The molecule has 0 spiro atoms. The SMILES string of the molecule is CCCNC(C)c1ccc(OC)cc1OCCOCC. The van der Waals surface area contributed by atoms with Gasteiger partial charge in [-0.05, 0) is 32.9 Å². The van der Waals surface area contributed by atoms with E-state index in [0.29, 0.717) is 19.8 Å². The molecule has 0 radical (unpaired) electrons. The van der Waals surface area contributed by atoms with E-state index in [1.165, 1.54) is 0 Å². The summed E-state index contributed by atoms with van der Waals surface area (Å²) in [6.45, 7) is 9.14. The minimum Gasteiger partial charge on any atom is -0.497 e. The normalized spacial score (nSPS) is 12.2. The van der Waals surface area contributed by atoms with Gasteiger partial charge >= 0.3 is 0 Å². The minimum atomic E-state index is 0.253. The molecule has 1 unspecified atom stereocenters. The van der Waals surface area contributed by atoms with Crippen LogP contribution in [0.4, 0.5) is 0 Å². The highest BCUT2D eigenvalue weighted by Crippen LogP contribution is 2.29. The number of ether oxygens (including phenoxy) is 3. The summed E-state index contributed by atoms with van der Waals surface area (Å²) >= 11 is 0. The largest absolute Gasteiger partial charge is 0.497 e. The summed E-state index contributed by atoms with van der Waals surface area (Å²) in [5, 5.41) is 3.48. The molecule has 1 rings (SSSR count). The Morgan fingerprint density at radius 2 is 2.00 bits per heavy atom. The Kier molecular flexibility index (Phi) is 8.07. The monoisotopic (exact) mass is 281 g/mol. The standard InChI is InChI=1S/C16H27NO3/c1-5-9-17-13(3)15-8-7-14(18-4)12-16(15)20-11-10-19-6-2/h7-8,12-13,17H,5-6,9-11H2,1-4H3. The smallest absolute Gasteiger partial charge is 0.127 e. The zero-order valence-electron chi connectivity index (χ0n) is 13.1. The number of nitrogens with one attached hydrogen (secondary N) is 1. The topological polar surface area (TPSA) is 39.7 Å². The fourth-order valence-corrected chi connectivity index (χ4v) is 1.95. The van der Waals surface area contributed by atoms with Crippen molar-refractivity contribution in [2.24, 2.45) is 0 Å². The second-order valence-corrected chi connectivity index (χ2v) is 4.62. The first-order valence-corrected chi connectivity index (χ1v) is 7.34. The molecule has 114 valence electrons.